The van der Waals surface area contributed by atoms with Crippen LogP contribution in [0.1, 0.15) is 12.3 Å². The SMILES string of the molecule is O=C(CCc1nnc(-c2ccsc2)o1)Nc1ccc2c(c1)OCO2. The highest BCUT2D eigenvalue weighted by Gasteiger charge is 2.15. The van der Waals surface area contributed by atoms with E-state index in [-0.39, 0.29) is 19.1 Å². The largest absolute Gasteiger partial charge is 0.454 e. The number of fused-ring (bicyclic) bond motifs is 1. The van der Waals surface area contributed by atoms with Gasteiger partial charge in [-0.05, 0) is 23.6 Å². The van der Waals surface area contributed by atoms with E-state index < -0.39 is 0 Å². The molecule has 0 saturated heterocycles. The molecule has 8 heteroatoms. The third kappa shape index (κ3) is 3.09. The van der Waals surface area contributed by atoms with E-state index in [0.717, 1.165) is 5.56 Å². The topological polar surface area (TPSA) is 86.5 Å². The number of hydrogen-bond donors (Lipinski definition) is 1. The number of thiophene rings is 1. The Bertz CT molecular complexity index is 860. The maximum atomic E-state index is 12.1. The molecule has 0 spiro atoms. The lowest BCUT2D eigenvalue weighted by Crippen LogP contribution is -2.12. The predicted molar refractivity (Wildman–Crippen MR) is 87.1 cm³/mol. The van der Waals surface area contributed by atoms with Crippen LogP contribution in [0.2, 0.25) is 0 Å². The molecule has 0 radical (unpaired) electrons. The van der Waals surface area contributed by atoms with Gasteiger partial charge < -0.3 is 19.2 Å². The van der Waals surface area contributed by atoms with E-state index in [9.17, 15) is 4.79 Å². The summed E-state index contributed by atoms with van der Waals surface area (Å²) in [5.74, 6) is 2.09. The fourth-order valence-corrected chi connectivity index (χ4v) is 2.91. The smallest absolute Gasteiger partial charge is 0.248 e. The maximum absolute atomic E-state index is 12.1. The molecule has 2 aromatic heterocycles. The Kier molecular flexibility index (Phi) is 3.87. The van der Waals surface area contributed by atoms with Crippen LogP contribution in [-0.4, -0.2) is 22.9 Å². The lowest BCUT2D eigenvalue weighted by Gasteiger charge is -2.05. The van der Waals surface area contributed by atoms with Gasteiger partial charge in [0.2, 0.25) is 24.5 Å². The molecule has 1 amide bonds. The summed E-state index contributed by atoms with van der Waals surface area (Å²) in [6.45, 7) is 0.205. The van der Waals surface area contributed by atoms with Crippen molar-refractivity contribution in [1.82, 2.24) is 10.2 Å². The van der Waals surface area contributed by atoms with E-state index in [4.69, 9.17) is 13.9 Å². The number of carbonyl (C=O) groups excluding carboxylic acids is 1. The van der Waals surface area contributed by atoms with E-state index in [1.807, 2.05) is 16.8 Å². The van der Waals surface area contributed by atoms with E-state index in [0.29, 0.717) is 35.4 Å². The summed E-state index contributed by atoms with van der Waals surface area (Å²) < 4.78 is 16.1. The van der Waals surface area contributed by atoms with Crippen LogP contribution in [0.15, 0.2) is 39.4 Å². The summed E-state index contributed by atoms with van der Waals surface area (Å²) in [5.41, 5.74) is 1.55. The van der Waals surface area contributed by atoms with Gasteiger partial charge in [0.1, 0.15) is 0 Å². The molecule has 122 valence electrons. The normalized spacial score (nSPS) is 12.3. The van der Waals surface area contributed by atoms with Crippen molar-refractivity contribution in [2.24, 2.45) is 0 Å². The van der Waals surface area contributed by atoms with Crippen LogP contribution < -0.4 is 14.8 Å². The number of benzene rings is 1. The van der Waals surface area contributed by atoms with Crippen molar-refractivity contribution in [3.8, 4) is 23.0 Å². The minimum absolute atomic E-state index is 0.135. The molecule has 0 unspecified atom stereocenters. The second-order valence-electron chi connectivity index (χ2n) is 5.13. The van der Waals surface area contributed by atoms with Crippen LogP contribution >= 0.6 is 11.3 Å². The van der Waals surface area contributed by atoms with Crippen LogP contribution in [0.5, 0.6) is 11.5 Å². The molecule has 3 heterocycles. The zero-order valence-corrected chi connectivity index (χ0v) is 13.3. The molecule has 1 aliphatic heterocycles. The highest BCUT2D eigenvalue weighted by molar-refractivity contribution is 7.08. The number of amides is 1. The molecule has 1 N–H and O–H groups in total. The Morgan fingerprint density at radius 1 is 1.21 bits per heavy atom. The van der Waals surface area contributed by atoms with Crippen molar-refractivity contribution < 1.29 is 18.7 Å². The molecule has 0 atom stereocenters. The summed E-state index contributed by atoms with van der Waals surface area (Å²) in [5, 5.41) is 14.6. The molecule has 0 fully saturated rings. The number of ether oxygens (including phenoxy) is 2. The lowest BCUT2D eigenvalue weighted by atomic mass is 10.2. The zero-order valence-electron chi connectivity index (χ0n) is 12.5. The molecule has 7 nitrogen and oxygen atoms in total. The Balaban J connectivity index is 1.33. The highest BCUT2D eigenvalue weighted by Crippen LogP contribution is 2.34. The predicted octanol–water partition coefficient (Wildman–Crippen LogP) is 3.10. The molecular weight excluding hydrogens is 330 g/mol. The van der Waals surface area contributed by atoms with Gasteiger partial charge in [0.25, 0.3) is 0 Å². The van der Waals surface area contributed by atoms with E-state index in [1.54, 1.807) is 29.5 Å². The first-order valence-corrected chi connectivity index (χ1v) is 8.27. The van der Waals surface area contributed by atoms with Crippen LogP contribution in [0, 0.1) is 0 Å². The van der Waals surface area contributed by atoms with Crippen molar-refractivity contribution in [3.05, 3.63) is 40.9 Å². The molecule has 4 rings (SSSR count). The second kappa shape index (κ2) is 6.32. The molecule has 3 aromatic rings. The first-order valence-electron chi connectivity index (χ1n) is 7.32. The van der Waals surface area contributed by atoms with Crippen molar-refractivity contribution in [1.29, 1.82) is 0 Å². The number of hydrogen-bond acceptors (Lipinski definition) is 7. The van der Waals surface area contributed by atoms with Crippen molar-refractivity contribution >= 4 is 22.9 Å². The van der Waals surface area contributed by atoms with Crippen molar-refractivity contribution in [3.63, 3.8) is 0 Å². The number of carbonyl (C=O) groups is 1. The van der Waals surface area contributed by atoms with E-state index >= 15 is 0 Å². The number of anilines is 1. The molecule has 0 bridgehead atoms. The maximum Gasteiger partial charge on any atom is 0.248 e. The summed E-state index contributed by atoms with van der Waals surface area (Å²) in [7, 11) is 0. The minimum Gasteiger partial charge on any atom is -0.454 e. The van der Waals surface area contributed by atoms with Gasteiger partial charge >= 0.3 is 0 Å². The third-order valence-corrected chi connectivity index (χ3v) is 4.14. The Hall–Kier alpha value is -2.87. The van der Waals surface area contributed by atoms with Gasteiger partial charge in [-0.1, -0.05) is 0 Å². The lowest BCUT2D eigenvalue weighted by molar-refractivity contribution is -0.116. The van der Waals surface area contributed by atoms with Crippen LogP contribution in [-0.2, 0) is 11.2 Å². The number of aromatic nitrogens is 2. The van der Waals surface area contributed by atoms with Crippen LogP contribution in [0.4, 0.5) is 5.69 Å². The number of aryl methyl sites for hydroxylation is 1. The summed E-state index contributed by atoms with van der Waals surface area (Å²) in [4.78, 5) is 12.1. The molecule has 0 aliphatic carbocycles. The quantitative estimate of drug-likeness (QED) is 0.766. The minimum atomic E-state index is -0.135. The zero-order chi connectivity index (χ0) is 16.4. The van der Waals surface area contributed by atoms with Crippen LogP contribution in [0.3, 0.4) is 0 Å². The van der Waals surface area contributed by atoms with Gasteiger partial charge in [-0.15, -0.1) is 10.2 Å². The monoisotopic (exact) mass is 343 g/mol. The number of nitrogens with zero attached hydrogens (tertiary/aromatic N) is 2. The van der Waals surface area contributed by atoms with E-state index in [2.05, 4.69) is 15.5 Å². The van der Waals surface area contributed by atoms with Gasteiger partial charge in [-0.2, -0.15) is 11.3 Å². The summed E-state index contributed by atoms with van der Waals surface area (Å²) in [6, 6.07) is 7.19. The molecule has 24 heavy (non-hydrogen) atoms. The first kappa shape index (κ1) is 14.7. The average Bonchev–Trinajstić information content (AvgIpc) is 3.32. The highest BCUT2D eigenvalue weighted by atomic mass is 32.1. The second-order valence-corrected chi connectivity index (χ2v) is 5.91. The summed E-state index contributed by atoms with van der Waals surface area (Å²) in [6.07, 6.45) is 0.632. The standard InChI is InChI=1S/C16H13N3O4S/c20-14(17-11-1-2-12-13(7-11)22-9-21-12)3-4-15-18-19-16(23-15)10-5-6-24-8-10/h1-2,5-8H,3-4,9H2,(H,17,20). The Labute approximate surface area is 141 Å². The molecule has 1 aromatic carbocycles. The van der Waals surface area contributed by atoms with Crippen molar-refractivity contribution in [2.75, 3.05) is 12.1 Å². The summed E-state index contributed by atoms with van der Waals surface area (Å²) >= 11 is 1.56. The number of rotatable bonds is 5. The van der Waals surface area contributed by atoms with Gasteiger partial charge in [-0.3, -0.25) is 4.79 Å². The van der Waals surface area contributed by atoms with Gasteiger partial charge in [-0.25, -0.2) is 0 Å². The van der Waals surface area contributed by atoms with Crippen LogP contribution in [0.25, 0.3) is 11.5 Å². The molecule has 0 saturated carbocycles. The van der Waals surface area contributed by atoms with Gasteiger partial charge in [0.05, 0.1) is 0 Å². The van der Waals surface area contributed by atoms with Crippen molar-refractivity contribution in [2.45, 2.75) is 12.8 Å². The fourth-order valence-electron chi connectivity index (χ4n) is 2.28. The van der Waals surface area contributed by atoms with E-state index in [1.165, 1.54) is 0 Å². The first-order chi connectivity index (χ1) is 11.8. The average molecular weight is 343 g/mol. The molecular formula is C16H13N3O4S. The van der Waals surface area contributed by atoms with Gasteiger partial charge in [0.15, 0.2) is 11.5 Å². The third-order valence-electron chi connectivity index (χ3n) is 3.46. The number of nitrogens with one attached hydrogen (secondary N) is 1. The Morgan fingerprint density at radius 3 is 3.00 bits per heavy atom. The van der Waals surface area contributed by atoms with Gasteiger partial charge in [0, 0.05) is 35.5 Å². The fraction of sp³-hybridized carbons (Fsp3) is 0.188. The molecule has 1 aliphatic rings. The Morgan fingerprint density at radius 2 is 2.12 bits per heavy atom.